The maximum Gasteiger partial charge on any atom is 0.306 e. The Kier molecular flexibility index (Phi) is 3.18. The number of aliphatic hydroxyl groups excluding tert-OH is 2. The minimum Gasteiger partial charge on any atom is -0.462 e. The fourth-order valence-corrected chi connectivity index (χ4v) is 7.14. The molecule has 9 atom stereocenters. The van der Waals surface area contributed by atoms with E-state index in [9.17, 15) is 24.9 Å². The van der Waals surface area contributed by atoms with Crippen molar-refractivity contribution in [1.82, 2.24) is 0 Å². The number of esters is 1. The van der Waals surface area contributed by atoms with E-state index in [1.54, 1.807) is 6.92 Å². The molecule has 3 aliphatic carbocycles. The molecular weight excluding hydrogens is 352 g/mol. The first-order valence-electron chi connectivity index (χ1n) is 9.41. The third-order valence-corrected chi connectivity index (χ3v) is 8.19. The standard InChI is InChI=1S/C20H24O7/c1-8-4-12(21)16(24)18(3)10(8)5-13-19-7-26-20(25,17(18)19)15(23)9(2)11(19)6-14(22)27-13/h4,10-11,13,15-17,23-25H,2,5-7H2,1,3H3/t10-,11-,13+,15-,16+,17+,18+,19+,20+/m0/s1. The van der Waals surface area contributed by atoms with E-state index in [2.05, 4.69) is 6.58 Å². The highest BCUT2D eigenvalue weighted by Crippen LogP contribution is 2.73. The maximum atomic E-state index is 12.5. The molecule has 3 N–H and O–H groups in total. The van der Waals surface area contributed by atoms with Crippen molar-refractivity contribution in [3.05, 3.63) is 23.8 Å². The molecule has 2 saturated carbocycles. The summed E-state index contributed by atoms with van der Waals surface area (Å²) in [6, 6.07) is 0. The van der Waals surface area contributed by atoms with Gasteiger partial charge in [-0.05, 0) is 30.9 Å². The van der Waals surface area contributed by atoms with Crippen molar-refractivity contribution >= 4 is 11.8 Å². The highest BCUT2D eigenvalue weighted by Gasteiger charge is 2.81. The van der Waals surface area contributed by atoms with Gasteiger partial charge in [0.1, 0.15) is 18.3 Å². The van der Waals surface area contributed by atoms with Gasteiger partial charge in [-0.25, -0.2) is 0 Å². The number of rotatable bonds is 0. The van der Waals surface area contributed by atoms with Crippen LogP contribution in [0.5, 0.6) is 0 Å². The zero-order valence-electron chi connectivity index (χ0n) is 15.3. The molecule has 5 rings (SSSR count). The number of fused-ring (bicyclic) bond motifs is 1. The van der Waals surface area contributed by atoms with E-state index in [-0.39, 0.29) is 24.9 Å². The lowest BCUT2D eigenvalue weighted by Crippen LogP contribution is -2.74. The molecule has 1 spiro atoms. The summed E-state index contributed by atoms with van der Waals surface area (Å²) < 4.78 is 11.5. The summed E-state index contributed by atoms with van der Waals surface area (Å²) in [6.07, 6.45) is -1.36. The average Bonchev–Trinajstić information content (AvgIpc) is 2.90. The topological polar surface area (TPSA) is 113 Å². The van der Waals surface area contributed by atoms with Crippen LogP contribution in [-0.4, -0.2) is 57.8 Å². The summed E-state index contributed by atoms with van der Waals surface area (Å²) in [6.45, 7) is 7.64. The Morgan fingerprint density at radius 2 is 1.93 bits per heavy atom. The van der Waals surface area contributed by atoms with E-state index < -0.39 is 52.5 Å². The van der Waals surface area contributed by atoms with E-state index in [0.717, 1.165) is 5.57 Å². The third kappa shape index (κ3) is 1.69. The Balaban J connectivity index is 1.79. The van der Waals surface area contributed by atoms with Crippen LogP contribution in [0.25, 0.3) is 0 Å². The molecule has 146 valence electrons. The van der Waals surface area contributed by atoms with Gasteiger partial charge in [-0.15, -0.1) is 0 Å². The number of hydrogen-bond acceptors (Lipinski definition) is 7. The van der Waals surface area contributed by atoms with Crippen LogP contribution in [0.1, 0.15) is 26.7 Å². The lowest BCUT2D eigenvalue weighted by Gasteiger charge is -2.66. The van der Waals surface area contributed by atoms with Crippen molar-refractivity contribution in [3.63, 3.8) is 0 Å². The fourth-order valence-electron chi connectivity index (χ4n) is 7.14. The summed E-state index contributed by atoms with van der Waals surface area (Å²) in [4.78, 5) is 24.8. The van der Waals surface area contributed by atoms with Crippen LogP contribution in [0.4, 0.5) is 0 Å². The maximum absolute atomic E-state index is 12.5. The second kappa shape index (κ2) is 4.89. The Morgan fingerprint density at radius 3 is 2.63 bits per heavy atom. The Bertz CT molecular complexity index is 817. The van der Waals surface area contributed by atoms with E-state index in [1.807, 2.05) is 6.92 Å². The van der Waals surface area contributed by atoms with Crippen molar-refractivity contribution in [2.24, 2.45) is 28.6 Å². The molecule has 0 radical (unpaired) electrons. The first-order valence-corrected chi connectivity index (χ1v) is 9.41. The van der Waals surface area contributed by atoms with Crippen molar-refractivity contribution in [1.29, 1.82) is 0 Å². The van der Waals surface area contributed by atoms with Gasteiger partial charge in [0.2, 0.25) is 0 Å². The number of ether oxygens (including phenoxy) is 2. The van der Waals surface area contributed by atoms with Crippen molar-refractivity contribution in [3.8, 4) is 0 Å². The molecule has 0 aromatic carbocycles. The second-order valence-corrected chi connectivity index (χ2v) is 9.15. The number of carbonyl (C=O) groups excluding carboxylic acids is 2. The number of ketones is 1. The highest BCUT2D eigenvalue weighted by molar-refractivity contribution is 5.96. The summed E-state index contributed by atoms with van der Waals surface area (Å²) in [5, 5.41) is 33.3. The van der Waals surface area contributed by atoms with Gasteiger partial charge in [-0.3, -0.25) is 9.59 Å². The Hall–Kier alpha value is -1.54. The van der Waals surface area contributed by atoms with Crippen LogP contribution < -0.4 is 0 Å². The molecule has 7 nitrogen and oxygen atoms in total. The van der Waals surface area contributed by atoms with Gasteiger partial charge in [0.25, 0.3) is 0 Å². The molecule has 7 heteroatoms. The molecule has 4 fully saturated rings. The van der Waals surface area contributed by atoms with Gasteiger partial charge in [0.15, 0.2) is 11.6 Å². The quantitative estimate of drug-likeness (QED) is 0.405. The first-order chi connectivity index (χ1) is 12.6. The van der Waals surface area contributed by atoms with Crippen LogP contribution in [0, 0.1) is 28.6 Å². The van der Waals surface area contributed by atoms with Crippen molar-refractivity contribution < 1.29 is 34.4 Å². The second-order valence-electron chi connectivity index (χ2n) is 9.15. The summed E-state index contributed by atoms with van der Waals surface area (Å²) >= 11 is 0. The Labute approximate surface area is 156 Å². The minimum absolute atomic E-state index is 0.0436. The Morgan fingerprint density at radius 1 is 1.22 bits per heavy atom. The monoisotopic (exact) mass is 376 g/mol. The molecule has 0 aromatic rings. The van der Waals surface area contributed by atoms with Crippen molar-refractivity contribution in [2.75, 3.05) is 6.61 Å². The van der Waals surface area contributed by atoms with Crippen LogP contribution in [-0.2, 0) is 19.1 Å². The van der Waals surface area contributed by atoms with Crippen LogP contribution in [0.15, 0.2) is 23.8 Å². The van der Waals surface area contributed by atoms with Crippen LogP contribution >= 0.6 is 0 Å². The van der Waals surface area contributed by atoms with Crippen LogP contribution in [0.3, 0.4) is 0 Å². The fraction of sp³-hybridized carbons (Fsp3) is 0.700. The number of aliphatic hydroxyl groups is 3. The SMILES string of the molecule is C=C1[C@H](O)[C@@]2(O)OC[C@]34[C@H]2[C@@]2(C)[C@H](O)C(=O)C=C(C)[C@@H]2C[C@H]3OC(=O)C[C@@H]14. The van der Waals surface area contributed by atoms with E-state index >= 15 is 0 Å². The zero-order valence-corrected chi connectivity index (χ0v) is 15.3. The van der Waals surface area contributed by atoms with E-state index in [0.29, 0.717) is 12.0 Å². The lowest BCUT2D eigenvalue weighted by atomic mass is 9.39. The predicted octanol–water partition coefficient (Wildman–Crippen LogP) is 0.0863. The largest absolute Gasteiger partial charge is 0.462 e. The molecule has 2 saturated heterocycles. The molecule has 2 bridgehead atoms. The highest BCUT2D eigenvalue weighted by atomic mass is 16.6. The average molecular weight is 376 g/mol. The normalized spacial score (nSPS) is 56.2. The summed E-state index contributed by atoms with van der Waals surface area (Å²) in [5.41, 5.74) is -0.730. The molecule has 0 unspecified atom stereocenters. The molecular formula is C20H24O7. The van der Waals surface area contributed by atoms with Gasteiger partial charge in [0.05, 0.1) is 13.0 Å². The van der Waals surface area contributed by atoms with E-state index in [1.165, 1.54) is 6.08 Å². The molecule has 0 amide bonds. The van der Waals surface area contributed by atoms with Gasteiger partial charge in [0, 0.05) is 22.7 Å². The molecule has 2 aliphatic heterocycles. The first kappa shape index (κ1) is 17.6. The smallest absolute Gasteiger partial charge is 0.306 e. The summed E-state index contributed by atoms with van der Waals surface area (Å²) in [7, 11) is 0. The van der Waals surface area contributed by atoms with Crippen LogP contribution in [0.2, 0.25) is 0 Å². The van der Waals surface area contributed by atoms with E-state index in [4.69, 9.17) is 9.47 Å². The number of hydrogen-bond donors (Lipinski definition) is 3. The molecule has 27 heavy (non-hydrogen) atoms. The van der Waals surface area contributed by atoms with Crippen molar-refractivity contribution in [2.45, 2.75) is 50.8 Å². The lowest BCUT2D eigenvalue weighted by molar-refractivity contribution is -0.305. The summed E-state index contributed by atoms with van der Waals surface area (Å²) in [5.74, 6) is -4.25. The zero-order chi connectivity index (χ0) is 19.5. The predicted molar refractivity (Wildman–Crippen MR) is 90.9 cm³/mol. The third-order valence-electron chi connectivity index (χ3n) is 8.19. The molecule has 2 heterocycles. The van der Waals surface area contributed by atoms with Gasteiger partial charge >= 0.3 is 5.97 Å². The van der Waals surface area contributed by atoms with Gasteiger partial charge in [-0.2, -0.15) is 0 Å². The molecule has 0 aromatic heterocycles. The number of allylic oxidation sites excluding steroid dienone is 1. The van der Waals surface area contributed by atoms with Gasteiger partial charge in [-0.1, -0.05) is 19.1 Å². The van der Waals surface area contributed by atoms with Gasteiger partial charge < -0.3 is 24.8 Å². The molecule has 5 aliphatic rings. The minimum atomic E-state index is -1.98. The number of carbonyl (C=O) groups is 2.